The van der Waals surface area contributed by atoms with Gasteiger partial charge < -0.3 is 9.80 Å². The predicted octanol–water partition coefficient (Wildman–Crippen LogP) is 11.7. The van der Waals surface area contributed by atoms with Crippen LogP contribution in [-0.4, -0.2) is 0 Å². The van der Waals surface area contributed by atoms with Crippen molar-refractivity contribution in [3.63, 3.8) is 0 Å². The summed E-state index contributed by atoms with van der Waals surface area (Å²) in [6, 6.07) is 58.4. The summed E-state index contributed by atoms with van der Waals surface area (Å²) in [7, 11) is 0. The molecule has 208 valence electrons. The van der Waals surface area contributed by atoms with Gasteiger partial charge in [-0.2, -0.15) is 0 Å². The van der Waals surface area contributed by atoms with Gasteiger partial charge in [-0.3, -0.25) is 0 Å². The summed E-state index contributed by atoms with van der Waals surface area (Å²) in [5.74, 6) is 0. The lowest BCUT2D eigenvalue weighted by Crippen LogP contribution is -2.12. The molecule has 0 bridgehead atoms. The maximum Gasteiger partial charge on any atom is 0.0973 e. The second kappa shape index (κ2) is 10.5. The Labute approximate surface area is 258 Å². The first kappa shape index (κ1) is 25.9. The molecule has 0 unspecified atom stereocenters. The third-order valence-electron chi connectivity index (χ3n) is 8.67. The molecule has 0 N–H and O–H groups in total. The summed E-state index contributed by atoms with van der Waals surface area (Å²) in [4.78, 5) is 4.70. The fraction of sp³-hybridized carbons (Fsp3) is 0.0476. The van der Waals surface area contributed by atoms with E-state index in [4.69, 9.17) is 0 Å². The summed E-state index contributed by atoms with van der Waals surface area (Å²) in [5, 5.41) is 7.60. The zero-order chi connectivity index (χ0) is 29.6. The Morgan fingerprint density at radius 3 is 1.32 bits per heavy atom. The average Bonchev–Trinajstić information content (AvgIpc) is 3.08. The fourth-order valence-electron chi connectivity index (χ4n) is 6.71. The number of aryl methyl sites for hydroxylation is 2. The van der Waals surface area contributed by atoms with Gasteiger partial charge in [-0.15, -0.1) is 0 Å². The highest BCUT2D eigenvalue weighted by molar-refractivity contribution is 6.29. The summed E-state index contributed by atoms with van der Waals surface area (Å²) in [5.41, 5.74) is 9.14. The SMILES string of the molecule is Cc1cc(N(c2c#cccc2)c2ccccc2)c2ccc3c(C)cc(N(c4ccccc4)c4ccccc4)c4ccc1c2c34. The molecule has 0 spiro atoms. The van der Waals surface area contributed by atoms with Crippen LogP contribution in [0.15, 0.2) is 146 Å². The van der Waals surface area contributed by atoms with Crippen molar-refractivity contribution < 1.29 is 0 Å². The van der Waals surface area contributed by atoms with Crippen molar-refractivity contribution in [2.75, 3.05) is 9.80 Å². The molecular formula is C42H30N2. The van der Waals surface area contributed by atoms with Crippen LogP contribution in [-0.2, 0) is 0 Å². The minimum Gasteiger partial charge on any atom is -0.310 e. The lowest BCUT2D eigenvalue weighted by atomic mass is 9.88. The minimum absolute atomic E-state index is 0.962. The van der Waals surface area contributed by atoms with Crippen molar-refractivity contribution in [2.45, 2.75) is 13.8 Å². The smallest absolute Gasteiger partial charge is 0.0973 e. The first-order chi connectivity index (χ1) is 21.7. The minimum atomic E-state index is 0.962. The zero-order valence-corrected chi connectivity index (χ0v) is 24.8. The molecule has 0 amide bonds. The van der Waals surface area contributed by atoms with E-state index < -0.39 is 0 Å². The van der Waals surface area contributed by atoms with E-state index in [1.807, 2.05) is 12.1 Å². The van der Waals surface area contributed by atoms with Crippen molar-refractivity contribution in [1.82, 2.24) is 0 Å². The predicted molar refractivity (Wildman–Crippen MR) is 187 cm³/mol. The zero-order valence-electron chi connectivity index (χ0n) is 24.8. The second-order valence-corrected chi connectivity index (χ2v) is 11.4. The van der Waals surface area contributed by atoms with Crippen molar-refractivity contribution in [1.29, 1.82) is 0 Å². The first-order valence-corrected chi connectivity index (χ1v) is 15.0. The molecule has 2 nitrogen and oxygen atoms in total. The molecule has 0 fully saturated rings. The van der Waals surface area contributed by atoms with E-state index in [1.165, 1.54) is 49.1 Å². The molecule has 0 aliphatic heterocycles. The first-order valence-electron chi connectivity index (χ1n) is 15.0. The molecule has 44 heavy (non-hydrogen) atoms. The van der Waals surface area contributed by atoms with Crippen LogP contribution in [0.2, 0.25) is 0 Å². The van der Waals surface area contributed by atoms with Gasteiger partial charge in [0.1, 0.15) is 0 Å². The van der Waals surface area contributed by atoms with Gasteiger partial charge in [0.25, 0.3) is 0 Å². The van der Waals surface area contributed by atoms with E-state index in [1.54, 1.807) is 0 Å². The normalized spacial score (nSPS) is 11.2. The van der Waals surface area contributed by atoms with Crippen molar-refractivity contribution >= 4 is 66.4 Å². The lowest BCUT2D eigenvalue weighted by Gasteiger charge is -2.30. The van der Waals surface area contributed by atoms with E-state index in [0.29, 0.717) is 0 Å². The average molecular weight is 563 g/mol. The monoisotopic (exact) mass is 562 g/mol. The van der Waals surface area contributed by atoms with Gasteiger partial charge in [-0.25, -0.2) is 0 Å². The van der Waals surface area contributed by atoms with Crippen molar-refractivity contribution in [2.24, 2.45) is 0 Å². The van der Waals surface area contributed by atoms with E-state index in [-0.39, 0.29) is 0 Å². The molecule has 8 aromatic carbocycles. The molecule has 0 radical (unpaired) electrons. The topological polar surface area (TPSA) is 6.48 Å². The van der Waals surface area contributed by atoms with Gasteiger partial charge >= 0.3 is 0 Å². The number of hydrogen-bond acceptors (Lipinski definition) is 2. The Morgan fingerprint density at radius 2 is 0.864 bits per heavy atom. The quantitative estimate of drug-likeness (QED) is 0.186. The fourth-order valence-corrected chi connectivity index (χ4v) is 6.71. The molecule has 0 saturated heterocycles. The van der Waals surface area contributed by atoms with Gasteiger partial charge in [0, 0.05) is 27.8 Å². The number of benzene rings is 7. The maximum atomic E-state index is 3.38. The van der Waals surface area contributed by atoms with Gasteiger partial charge in [-0.1, -0.05) is 91.0 Å². The molecule has 8 aromatic rings. The highest BCUT2D eigenvalue weighted by Gasteiger charge is 2.23. The molecule has 0 aromatic heterocycles. The number of anilines is 6. The Kier molecular flexibility index (Phi) is 6.17. The maximum absolute atomic E-state index is 3.38. The number of nitrogens with zero attached hydrogens (tertiary/aromatic N) is 2. The van der Waals surface area contributed by atoms with Crippen LogP contribution >= 0.6 is 0 Å². The summed E-state index contributed by atoms with van der Waals surface area (Å²) in [6.45, 7) is 4.47. The van der Waals surface area contributed by atoms with Crippen LogP contribution in [0.1, 0.15) is 11.1 Å². The van der Waals surface area contributed by atoms with Gasteiger partial charge in [-0.05, 0) is 113 Å². The molecular weight excluding hydrogens is 532 g/mol. The van der Waals surface area contributed by atoms with E-state index in [2.05, 4.69) is 169 Å². The van der Waals surface area contributed by atoms with Crippen LogP contribution < -0.4 is 9.80 Å². The van der Waals surface area contributed by atoms with Crippen LogP contribution in [0.4, 0.5) is 34.1 Å². The van der Waals surface area contributed by atoms with E-state index in [9.17, 15) is 0 Å². The molecule has 0 atom stereocenters. The molecule has 0 heterocycles. The van der Waals surface area contributed by atoms with Crippen LogP contribution in [0.5, 0.6) is 0 Å². The number of rotatable bonds is 6. The van der Waals surface area contributed by atoms with Crippen LogP contribution in [0.25, 0.3) is 32.3 Å². The van der Waals surface area contributed by atoms with Gasteiger partial charge in [0.15, 0.2) is 0 Å². The van der Waals surface area contributed by atoms with E-state index in [0.717, 1.165) is 28.4 Å². The Balaban J connectivity index is 1.47. The third kappa shape index (κ3) is 4.14. The Bertz CT molecular complexity index is 1980. The summed E-state index contributed by atoms with van der Waals surface area (Å²) < 4.78 is 0. The molecule has 2 heteroatoms. The Hall–Kier alpha value is -5.78. The van der Waals surface area contributed by atoms with Crippen LogP contribution in [0, 0.1) is 26.0 Å². The van der Waals surface area contributed by atoms with Gasteiger partial charge in [0.05, 0.1) is 17.1 Å². The largest absolute Gasteiger partial charge is 0.310 e. The third-order valence-corrected chi connectivity index (χ3v) is 8.67. The molecule has 0 saturated carbocycles. The highest BCUT2D eigenvalue weighted by atomic mass is 15.1. The van der Waals surface area contributed by atoms with Crippen molar-refractivity contribution in [3.8, 4) is 0 Å². The molecule has 8 rings (SSSR count). The number of para-hydroxylation sites is 3. The standard InChI is InChI=1S/C42H30N2/c1-29-27-39(43(31-15-7-3-8-16-31)32-17-9-4-10-18-32)37-26-24-36-30(2)28-40(38-25-23-35(29)41(37)42(36)38)44(33-19-11-5-12-20-33)34-21-13-6-14-22-34/h3-13,15-21,23-28H,1-2H3. The number of hydrogen-bond donors (Lipinski definition) is 0. The van der Waals surface area contributed by atoms with E-state index >= 15 is 0 Å². The van der Waals surface area contributed by atoms with Crippen LogP contribution in [0.3, 0.4) is 0 Å². The summed E-state index contributed by atoms with van der Waals surface area (Å²) >= 11 is 0. The van der Waals surface area contributed by atoms with Gasteiger partial charge in [0.2, 0.25) is 0 Å². The second-order valence-electron chi connectivity index (χ2n) is 11.4. The van der Waals surface area contributed by atoms with Crippen molar-refractivity contribution in [3.05, 3.63) is 169 Å². The Morgan fingerprint density at radius 1 is 0.432 bits per heavy atom. The lowest BCUT2D eigenvalue weighted by molar-refractivity contribution is 1.29. The highest BCUT2D eigenvalue weighted by Crippen LogP contribution is 2.48. The molecule has 0 aliphatic carbocycles. The summed E-state index contributed by atoms with van der Waals surface area (Å²) in [6.07, 6.45) is 0. The molecule has 0 aliphatic rings.